The van der Waals surface area contributed by atoms with Crippen LogP contribution in [0.4, 0.5) is 5.69 Å². The molecule has 0 aliphatic rings. The van der Waals surface area contributed by atoms with Gasteiger partial charge in [-0.25, -0.2) is 8.42 Å². The summed E-state index contributed by atoms with van der Waals surface area (Å²) in [5, 5.41) is 3.17. The largest absolute Gasteiger partial charge is 0.497 e. The number of ether oxygens (including phenoxy) is 2. The highest BCUT2D eigenvalue weighted by Crippen LogP contribution is 2.29. The number of carbonyl (C=O) groups excluding carboxylic acids is 1. The summed E-state index contributed by atoms with van der Waals surface area (Å²) in [6, 6.07) is 11.1. The van der Waals surface area contributed by atoms with Gasteiger partial charge in [0.15, 0.2) is 0 Å². The average Bonchev–Trinajstić information content (AvgIpc) is 2.64. The molecule has 2 aromatic rings. The van der Waals surface area contributed by atoms with Crippen molar-refractivity contribution < 1.29 is 22.7 Å². The Bertz CT molecular complexity index is 949. The third-order valence-corrected chi connectivity index (χ3v) is 5.44. The van der Waals surface area contributed by atoms with Gasteiger partial charge in [0.1, 0.15) is 18.0 Å². The number of sulfonamides is 1. The van der Waals surface area contributed by atoms with Gasteiger partial charge in [0.25, 0.3) is 0 Å². The average molecular weight is 427 g/mol. The first kappa shape index (κ1) is 21.8. The van der Waals surface area contributed by atoms with E-state index in [1.54, 1.807) is 50.4 Å². The molecule has 0 radical (unpaired) electrons. The summed E-state index contributed by atoms with van der Waals surface area (Å²) in [6.45, 7) is 1.40. The van der Waals surface area contributed by atoms with E-state index in [1.165, 1.54) is 13.2 Å². The Morgan fingerprint density at radius 3 is 2.46 bits per heavy atom. The Kier molecular flexibility index (Phi) is 7.15. The molecule has 0 spiro atoms. The van der Waals surface area contributed by atoms with Crippen molar-refractivity contribution in [1.82, 2.24) is 5.32 Å². The molecule has 0 saturated heterocycles. The van der Waals surface area contributed by atoms with Gasteiger partial charge in [0.05, 0.1) is 32.2 Å². The van der Waals surface area contributed by atoms with Crippen molar-refractivity contribution in [2.45, 2.75) is 13.0 Å². The zero-order valence-electron chi connectivity index (χ0n) is 16.1. The fraction of sp³-hybridized carbons (Fsp3) is 0.316. The number of nitrogens with zero attached hydrogens (tertiary/aromatic N) is 1. The molecule has 1 amide bonds. The molecule has 7 nitrogen and oxygen atoms in total. The van der Waals surface area contributed by atoms with Crippen LogP contribution in [-0.2, 0) is 14.8 Å². The van der Waals surface area contributed by atoms with Crippen molar-refractivity contribution >= 4 is 33.2 Å². The van der Waals surface area contributed by atoms with Crippen molar-refractivity contribution in [3.63, 3.8) is 0 Å². The third-order valence-electron chi connectivity index (χ3n) is 4.06. The first-order chi connectivity index (χ1) is 13.2. The Morgan fingerprint density at radius 2 is 1.89 bits per heavy atom. The van der Waals surface area contributed by atoms with Gasteiger partial charge < -0.3 is 14.8 Å². The molecule has 1 atom stereocenters. The molecule has 0 aromatic heterocycles. The molecule has 2 rings (SSSR count). The summed E-state index contributed by atoms with van der Waals surface area (Å²) in [4.78, 5) is 12.6. The van der Waals surface area contributed by atoms with E-state index >= 15 is 0 Å². The predicted octanol–water partition coefficient (Wildman–Crippen LogP) is 3.00. The van der Waals surface area contributed by atoms with E-state index in [2.05, 4.69) is 5.32 Å². The van der Waals surface area contributed by atoms with E-state index in [1.807, 2.05) is 0 Å². The fourth-order valence-corrected chi connectivity index (χ4v) is 3.74. The highest BCUT2D eigenvalue weighted by molar-refractivity contribution is 7.92. The monoisotopic (exact) mass is 426 g/mol. The highest BCUT2D eigenvalue weighted by Gasteiger charge is 2.23. The van der Waals surface area contributed by atoms with Crippen LogP contribution in [-0.4, -0.2) is 41.3 Å². The first-order valence-electron chi connectivity index (χ1n) is 8.40. The number of amides is 1. The van der Waals surface area contributed by atoms with Crippen LogP contribution in [0, 0.1) is 0 Å². The number of halogens is 1. The number of hydrogen-bond acceptors (Lipinski definition) is 5. The van der Waals surface area contributed by atoms with Gasteiger partial charge in [0, 0.05) is 10.6 Å². The summed E-state index contributed by atoms with van der Waals surface area (Å²) in [5.74, 6) is 0.736. The number of anilines is 1. The zero-order valence-corrected chi connectivity index (χ0v) is 17.7. The van der Waals surface area contributed by atoms with Crippen LogP contribution in [0.15, 0.2) is 42.5 Å². The number of methoxy groups -OCH3 is 2. The van der Waals surface area contributed by atoms with Crippen LogP contribution < -0.4 is 19.1 Å². The van der Waals surface area contributed by atoms with Crippen LogP contribution >= 0.6 is 11.6 Å². The Labute approximate surface area is 170 Å². The second kappa shape index (κ2) is 9.16. The zero-order chi connectivity index (χ0) is 20.9. The lowest BCUT2D eigenvalue weighted by Gasteiger charge is -2.24. The van der Waals surface area contributed by atoms with E-state index in [0.29, 0.717) is 27.8 Å². The maximum Gasteiger partial charge on any atom is 0.241 e. The van der Waals surface area contributed by atoms with Gasteiger partial charge in [0.2, 0.25) is 15.9 Å². The second-order valence-electron chi connectivity index (χ2n) is 6.15. The molecule has 0 heterocycles. The molecule has 152 valence electrons. The number of benzene rings is 2. The van der Waals surface area contributed by atoms with Crippen LogP contribution in [0.2, 0.25) is 5.02 Å². The van der Waals surface area contributed by atoms with Gasteiger partial charge >= 0.3 is 0 Å². The molecule has 0 aliphatic carbocycles. The third kappa shape index (κ3) is 5.53. The number of nitrogens with one attached hydrogen (secondary N) is 1. The minimum Gasteiger partial charge on any atom is -0.497 e. The van der Waals surface area contributed by atoms with E-state index in [0.717, 1.165) is 10.6 Å². The maximum atomic E-state index is 12.6. The number of carbonyl (C=O) groups is 1. The maximum absolute atomic E-state index is 12.6. The lowest BCUT2D eigenvalue weighted by molar-refractivity contribution is -0.120. The SMILES string of the molecule is COc1ccc(OC)c([C@@H](C)NC(=O)CN(c2cccc(Cl)c2)S(C)(=O)=O)c1. The lowest BCUT2D eigenvalue weighted by Crippen LogP contribution is -2.41. The summed E-state index contributed by atoms with van der Waals surface area (Å²) in [7, 11) is -0.607. The van der Waals surface area contributed by atoms with E-state index in [4.69, 9.17) is 21.1 Å². The van der Waals surface area contributed by atoms with Gasteiger partial charge in [-0.3, -0.25) is 9.10 Å². The number of hydrogen-bond donors (Lipinski definition) is 1. The number of rotatable bonds is 8. The molecule has 0 fully saturated rings. The molecule has 0 aliphatic heterocycles. The minimum absolute atomic E-state index is 0.316. The highest BCUT2D eigenvalue weighted by atomic mass is 35.5. The predicted molar refractivity (Wildman–Crippen MR) is 110 cm³/mol. The molecule has 0 saturated carbocycles. The van der Waals surface area contributed by atoms with Crippen LogP contribution in [0.3, 0.4) is 0 Å². The molecule has 1 N–H and O–H groups in total. The van der Waals surface area contributed by atoms with E-state index in [9.17, 15) is 13.2 Å². The van der Waals surface area contributed by atoms with Crippen molar-refractivity contribution in [3.05, 3.63) is 53.1 Å². The summed E-state index contributed by atoms with van der Waals surface area (Å²) >= 11 is 5.95. The molecular formula is C19H23ClN2O5S. The molecule has 9 heteroatoms. The summed E-state index contributed by atoms with van der Waals surface area (Å²) in [5.41, 5.74) is 1.03. The quantitative estimate of drug-likeness (QED) is 0.701. The summed E-state index contributed by atoms with van der Waals surface area (Å²) < 4.78 is 35.9. The van der Waals surface area contributed by atoms with Crippen molar-refractivity contribution in [3.8, 4) is 11.5 Å². The Morgan fingerprint density at radius 1 is 1.18 bits per heavy atom. The minimum atomic E-state index is -3.68. The van der Waals surface area contributed by atoms with Crippen LogP contribution in [0.5, 0.6) is 11.5 Å². The van der Waals surface area contributed by atoms with Crippen molar-refractivity contribution in [2.24, 2.45) is 0 Å². The first-order valence-corrected chi connectivity index (χ1v) is 10.6. The summed E-state index contributed by atoms with van der Waals surface area (Å²) in [6.07, 6.45) is 1.04. The molecule has 0 bridgehead atoms. The van der Waals surface area contributed by atoms with E-state index < -0.39 is 22.0 Å². The smallest absolute Gasteiger partial charge is 0.241 e. The Balaban J connectivity index is 2.21. The normalized spacial score (nSPS) is 12.2. The Hall–Kier alpha value is -2.45. The van der Waals surface area contributed by atoms with Gasteiger partial charge in [-0.05, 0) is 43.3 Å². The van der Waals surface area contributed by atoms with Crippen LogP contribution in [0.1, 0.15) is 18.5 Å². The topological polar surface area (TPSA) is 84.9 Å². The van der Waals surface area contributed by atoms with Crippen molar-refractivity contribution in [1.29, 1.82) is 0 Å². The van der Waals surface area contributed by atoms with E-state index in [-0.39, 0.29) is 6.54 Å². The van der Waals surface area contributed by atoms with Crippen molar-refractivity contribution in [2.75, 3.05) is 31.3 Å². The molecular weight excluding hydrogens is 404 g/mol. The van der Waals surface area contributed by atoms with Crippen LogP contribution in [0.25, 0.3) is 0 Å². The molecule has 0 unspecified atom stereocenters. The standard InChI is InChI=1S/C19H23ClN2O5S/c1-13(17-11-16(26-2)8-9-18(17)27-3)21-19(23)12-22(28(4,24)25)15-7-5-6-14(20)10-15/h5-11,13H,12H2,1-4H3,(H,21,23)/t13-/m1/s1. The molecule has 2 aromatic carbocycles. The van der Waals surface area contributed by atoms with Gasteiger partial charge in [-0.1, -0.05) is 17.7 Å². The lowest BCUT2D eigenvalue weighted by atomic mass is 10.1. The van der Waals surface area contributed by atoms with Gasteiger partial charge in [-0.2, -0.15) is 0 Å². The van der Waals surface area contributed by atoms with Gasteiger partial charge in [-0.15, -0.1) is 0 Å². The molecule has 28 heavy (non-hydrogen) atoms. The fourth-order valence-electron chi connectivity index (χ4n) is 2.70. The second-order valence-corrected chi connectivity index (χ2v) is 8.49.